The molecule has 0 aliphatic carbocycles. The van der Waals surface area contributed by atoms with Crippen LogP contribution in [0.2, 0.25) is 0 Å². The van der Waals surface area contributed by atoms with E-state index in [-0.39, 0.29) is 24.4 Å². The van der Waals surface area contributed by atoms with Gasteiger partial charge in [-0.05, 0) is 12.8 Å². The predicted octanol–water partition coefficient (Wildman–Crippen LogP) is 0.530. The van der Waals surface area contributed by atoms with Crippen molar-refractivity contribution < 1.29 is 18.0 Å². The van der Waals surface area contributed by atoms with Gasteiger partial charge in [0.1, 0.15) is 17.5 Å². The fraction of sp³-hybridized carbons (Fsp3) is 0.500. The number of halogens is 3. The van der Waals surface area contributed by atoms with Crippen LogP contribution < -0.4 is 5.69 Å². The van der Waals surface area contributed by atoms with E-state index in [9.17, 15) is 22.8 Å². The number of aryl methyl sites for hydroxylation is 1. The third-order valence-electron chi connectivity index (χ3n) is 2.29. The number of allylic oxidation sites excluding steroid dienone is 1. The molecule has 1 aromatic heterocycles. The van der Waals surface area contributed by atoms with E-state index >= 15 is 0 Å². The summed E-state index contributed by atoms with van der Waals surface area (Å²) in [6.07, 6.45) is -3.91. The third-order valence-corrected chi connectivity index (χ3v) is 2.29. The number of nitrogens with zero attached hydrogens (tertiary/aromatic N) is 3. The molecule has 0 amide bonds. The highest BCUT2D eigenvalue weighted by molar-refractivity contribution is 5.77. The van der Waals surface area contributed by atoms with E-state index in [0.29, 0.717) is 11.0 Å². The first kappa shape index (κ1) is 10.7. The van der Waals surface area contributed by atoms with Gasteiger partial charge in [0.2, 0.25) is 0 Å². The Morgan fingerprint density at radius 2 is 2.00 bits per heavy atom. The topological polar surface area (TPSA) is 56.9 Å². The van der Waals surface area contributed by atoms with Crippen LogP contribution in [0.15, 0.2) is 4.79 Å². The van der Waals surface area contributed by atoms with Gasteiger partial charge in [-0.25, -0.2) is 14.2 Å². The summed E-state index contributed by atoms with van der Waals surface area (Å²) in [7, 11) is 0. The monoisotopic (exact) mass is 233 g/mol. The van der Waals surface area contributed by atoms with Crippen molar-refractivity contribution in [3.63, 3.8) is 0 Å². The number of aromatic nitrogens is 3. The van der Waals surface area contributed by atoms with Crippen molar-refractivity contribution in [1.29, 1.82) is 0 Å². The van der Waals surface area contributed by atoms with Crippen LogP contribution in [0.1, 0.15) is 18.7 Å². The Morgan fingerprint density at radius 1 is 1.31 bits per heavy atom. The highest BCUT2D eigenvalue weighted by Gasteiger charge is 2.37. The molecule has 1 aliphatic heterocycles. The van der Waals surface area contributed by atoms with Gasteiger partial charge < -0.3 is 0 Å². The van der Waals surface area contributed by atoms with E-state index in [1.54, 1.807) is 0 Å². The van der Waals surface area contributed by atoms with Crippen LogP contribution in [0.3, 0.4) is 0 Å². The van der Waals surface area contributed by atoms with E-state index in [1.165, 1.54) is 5.94 Å². The summed E-state index contributed by atoms with van der Waals surface area (Å²) in [6, 6.07) is 0. The molecule has 1 aliphatic rings. The van der Waals surface area contributed by atoms with E-state index in [2.05, 4.69) is 5.10 Å². The average molecular weight is 233 g/mol. The van der Waals surface area contributed by atoms with Crippen LogP contribution in [0.5, 0.6) is 0 Å². The number of alkyl halides is 3. The van der Waals surface area contributed by atoms with Crippen LogP contribution in [0.25, 0.3) is 5.70 Å². The fourth-order valence-electron chi connectivity index (χ4n) is 1.63. The van der Waals surface area contributed by atoms with Crippen molar-refractivity contribution in [1.82, 2.24) is 14.3 Å². The largest absolute Gasteiger partial charge is 0.509 e. The maximum atomic E-state index is 12.3. The molecule has 5 nitrogen and oxygen atoms in total. The average Bonchev–Trinajstić information content (AvgIpc) is 2.56. The number of hydrogen-bond acceptors (Lipinski definition) is 3. The molecule has 0 saturated carbocycles. The van der Waals surface area contributed by atoms with Crippen molar-refractivity contribution in [3.8, 4) is 0 Å². The molecule has 0 unspecified atom stereocenters. The van der Waals surface area contributed by atoms with Gasteiger partial charge in [0.15, 0.2) is 0 Å². The van der Waals surface area contributed by atoms with E-state index in [1.807, 2.05) is 0 Å². The molecule has 0 saturated heterocycles. The Labute approximate surface area is 86.8 Å². The van der Waals surface area contributed by atoms with Crippen LogP contribution in [0.4, 0.5) is 13.2 Å². The maximum Gasteiger partial charge on any atom is 0.509 e. The summed E-state index contributed by atoms with van der Waals surface area (Å²) >= 11 is 0. The molecule has 16 heavy (non-hydrogen) atoms. The highest BCUT2D eigenvalue weighted by atomic mass is 19.4. The molecule has 0 aromatic carbocycles. The van der Waals surface area contributed by atoms with E-state index in [0.717, 1.165) is 0 Å². The van der Waals surface area contributed by atoms with Crippen molar-refractivity contribution >= 4 is 11.6 Å². The Morgan fingerprint density at radius 3 is 2.56 bits per heavy atom. The zero-order chi connectivity index (χ0) is 11.9. The van der Waals surface area contributed by atoms with Crippen molar-refractivity contribution in [2.45, 2.75) is 25.6 Å². The van der Waals surface area contributed by atoms with Crippen LogP contribution in [0, 0.1) is 0 Å². The Kier molecular flexibility index (Phi) is 2.23. The molecular formula is C8H6F3N3O2. The molecule has 0 spiro atoms. The first-order valence-corrected chi connectivity index (χ1v) is 4.47. The highest BCUT2D eigenvalue weighted by Crippen LogP contribution is 2.23. The van der Waals surface area contributed by atoms with Gasteiger partial charge in [0, 0.05) is 6.42 Å². The minimum absolute atomic E-state index is 0.0491. The summed E-state index contributed by atoms with van der Waals surface area (Å²) in [5.74, 6) is 1.43. The smallest absolute Gasteiger partial charge is 0.245 e. The lowest BCUT2D eigenvalue weighted by molar-refractivity contribution is -0.214. The van der Waals surface area contributed by atoms with Gasteiger partial charge in [-0.3, -0.25) is 0 Å². The number of rotatable bonds is 0. The maximum absolute atomic E-state index is 12.3. The molecule has 1 aromatic rings. The normalized spacial score (nSPS) is 15.8. The summed E-state index contributed by atoms with van der Waals surface area (Å²) in [5.41, 5.74) is -1.46. The minimum atomic E-state index is -4.87. The molecular weight excluding hydrogens is 227 g/mol. The van der Waals surface area contributed by atoms with Gasteiger partial charge in [-0.15, -0.1) is 23.0 Å². The summed E-state index contributed by atoms with van der Waals surface area (Å²) in [4.78, 5) is 21.9. The first-order chi connectivity index (χ1) is 7.45. The van der Waals surface area contributed by atoms with E-state index < -0.39 is 16.7 Å². The standard InChI is InChI=1S/C8H6F3N3O2/c9-8(10,11)14-7(16)13-5(4-15)2-1-3-6(13)12-14/h1-3H2. The van der Waals surface area contributed by atoms with Crippen LogP contribution in [-0.4, -0.2) is 20.3 Å². The predicted molar refractivity (Wildman–Crippen MR) is 46.1 cm³/mol. The summed E-state index contributed by atoms with van der Waals surface area (Å²) < 4.78 is 37.2. The van der Waals surface area contributed by atoms with Crippen molar-refractivity contribution in [3.05, 3.63) is 16.3 Å². The second-order valence-electron chi connectivity index (χ2n) is 3.32. The molecule has 8 heteroatoms. The van der Waals surface area contributed by atoms with Crippen LogP contribution in [-0.2, 0) is 17.5 Å². The van der Waals surface area contributed by atoms with Gasteiger partial charge in [0.05, 0.1) is 0 Å². The zero-order valence-electron chi connectivity index (χ0n) is 7.91. The van der Waals surface area contributed by atoms with Crippen molar-refractivity contribution in [2.24, 2.45) is 0 Å². The lowest BCUT2D eigenvalue weighted by Crippen LogP contribution is -2.33. The molecule has 0 fully saturated rings. The Hall–Kier alpha value is -1.82. The molecule has 86 valence electrons. The van der Waals surface area contributed by atoms with E-state index in [4.69, 9.17) is 0 Å². The molecule has 0 radical (unpaired) electrons. The number of fused-ring (bicyclic) bond motifs is 1. The van der Waals surface area contributed by atoms with Crippen molar-refractivity contribution in [2.75, 3.05) is 0 Å². The Balaban J connectivity index is 2.70. The van der Waals surface area contributed by atoms with Gasteiger partial charge in [-0.2, -0.15) is 0 Å². The van der Waals surface area contributed by atoms with Gasteiger partial charge in [0.25, 0.3) is 0 Å². The SMILES string of the molecule is O=C=C1CCCc2nn(C(F)(F)F)c(=O)n21. The minimum Gasteiger partial charge on any atom is -0.245 e. The quantitative estimate of drug-likeness (QED) is 0.614. The molecule has 0 atom stereocenters. The van der Waals surface area contributed by atoms with Gasteiger partial charge >= 0.3 is 12.0 Å². The second kappa shape index (κ2) is 3.34. The second-order valence-corrected chi connectivity index (χ2v) is 3.32. The number of carbonyl (C=O) groups excluding carboxylic acids is 1. The molecule has 0 bridgehead atoms. The molecule has 0 N–H and O–H groups in total. The molecule has 2 heterocycles. The zero-order valence-corrected chi connectivity index (χ0v) is 7.91. The van der Waals surface area contributed by atoms with Gasteiger partial charge in [-0.1, -0.05) is 0 Å². The molecule has 2 rings (SSSR count). The fourth-order valence-corrected chi connectivity index (χ4v) is 1.63. The summed E-state index contributed by atoms with van der Waals surface area (Å²) in [6.45, 7) is 0. The number of hydrogen-bond donors (Lipinski definition) is 0. The van der Waals surface area contributed by atoms with Crippen LogP contribution >= 0.6 is 0 Å². The third kappa shape index (κ3) is 1.47. The lowest BCUT2D eigenvalue weighted by Gasteiger charge is -2.11. The first-order valence-electron chi connectivity index (χ1n) is 4.47. The lowest BCUT2D eigenvalue weighted by atomic mass is 10.1. The Bertz CT molecular complexity index is 534. The summed E-state index contributed by atoms with van der Waals surface area (Å²) in [5, 5.41) is 3.16.